The van der Waals surface area contributed by atoms with Crippen molar-refractivity contribution in [2.24, 2.45) is 0 Å². The van der Waals surface area contributed by atoms with E-state index in [-0.39, 0.29) is 23.9 Å². The molecule has 2 heterocycles. The molecule has 0 aromatic heterocycles. The molecule has 2 aliphatic rings. The van der Waals surface area contributed by atoms with Gasteiger partial charge in [-0.3, -0.25) is 9.59 Å². The smallest absolute Gasteiger partial charge is 0.230 e. The number of hydrogen-bond acceptors (Lipinski definition) is 10. The van der Waals surface area contributed by atoms with Gasteiger partial charge in [0.1, 0.15) is 0 Å². The van der Waals surface area contributed by atoms with Gasteiger partial charge in [0.05, 0.1) is 30.2 Å². The van der Waals surface area contributed by atoms with Crippen LogP contribution >= 0.6 is 23.5 Å². The molecule has 2 saturated heterocycles. The van der Waals surface area contributed by atoms with Gasteiger partial charge >= 0.3 is 0 Å². The van der Waals surface area contributed by atoms with E-state index in [1.807, 2.05) is 60.8 Å². The molecule has 1 aromatic carbocycles. The van der Waals surface area contributed by atoms with Crippen molar-refractivity contribution in [1.82, 2.24) is 20.9 Å². The van der Waals surface area contributed by atoms with E-state index in [4.69, 9.17) is 0 Å². The maximum absolute atomic E-state index is 11.8. The summed E-state index contributed by atoms with van der Waals surface area (Å²) in [6.45, 7) is 7.26. The number of thioether (sulfide) groups is 2. The number of nitrogens with zero attached hydrogens (tertiary/aromatic N) is 1. The first-order valence-electron chi connectivity index (χ1n) is 15.7. The molecule has 0 radical (unpaired) electrons. The minimum Gasteiger partial charge on any atom is -0.392 e. The predicted octanol–water partition coefficient (Wildman–Crippen LogP) is 1.35. The van der Waals surface area contributed by atoms with Gasteiger partial charge in [0.15, 0.2) is 0 Å². The highest BCUT2D eigenvalue weighted by molar-refractivity contribution is 8.00. The van der Waals surface area contributed by atoms with E-state index < -0.39 is 24.4 Å². The average Bonchev–Trinajstić information content (AvgIpc) is 2.99. The molecular formula is C31H54N4O6S2. The van der Waals surface area contributed by atoms with Crippen molar-refractivity contribution >= 4 is 35.3 Å². The summed E-state index contributed by atoms with van der Waals surface area (Å²) < 4.78 is 0. The lowest BCUT2D eigenvalue weighted by Crippen LogP contribution is -2.50. The summed E-state index contributed by atoms with van der Waals surface area (Å²) >= 11 is 3.40. The normalized spacial score (nSPS) is 25.3. The molecule has 12 heteroatoms. The molecule has 246 valence electrons. The molecule has 6 unspecified atom stereocenters. The van der Waals surface area contributed by atoms with Crippen LogP contribution < -0.4 is 16.0 Å². The van der Waals surface area contributed by atoms with Crippen LogP contribution in [0.3, 0.4) is 0 Å². The quantitative estimate of drug-likeness (QED) is 0.132. The minimum atomic E-state index is -0.503. The highest BCUT2D eigenvalue weighted by Crippen LogP contribution is 2.16. The van der Waals surface area contributed by atoms with Crippen LogP contribution in [0, 0.1) is 0 Å². The summed E-state index contributed by atoms with van der Waals surface area (Å²) in [5, 5.41) is 47.7. The van der Waals surface area contributed by atoms with E-state index in [2.05, 4.69) is 16.0 Å². The number of aliphatic hydroxyl groups excluding tert-OH is 4. The number of carbonyl (C=O) groups is 2. The van der Waals surface area contributed by atoms with Crippen molar-refractivity contribution in [1.29, 1.82) is 0 Å². The summed E-state index contributed by atoms with van der Waals surface area (Å²) in [7, 11) is 0. The summed E-state index contributed by atoms with van der Waals surface area (Å²) in [5.41, 5.74) is 1.09. The lowest BCUT2D eigenvalue weighted by molar-refractivity contribution is -0.130. The highest BCUT2D eigenvalue weighted by atomic mass is 32.2. The van der Waals surface area contributed by atoms with Crippen LogP contribution in [0.5, 0.6) is 0 Å². The monoisotopic (exact) mass is 642 g/mol. The molecule has 0 aliphatic carbocycles. The molecule has 7 N–H and O–H groups in total. The molecule has 2 fully saturated rings. The number of hydrogen-bond donors (Lipinski definition) is 7. The van der Waals surface area contributed by atoms with Crippen molar-refractivity contribution in [2.75, 3.05) is 49.2 Å². The Morgan fingerprint density at radius 2 is 1.42 bits per heavy atom. The number of rotatable bonds is 16. The molecule has 0 bridgehead atoms. The van der Waals surface area contributed by atoms with Crippen LogP contribution in [-0.4, -0.2) is 123 Å². The zero-order chi connectivity index (χ0) is 31.5. The van der Waals surface area contributed by atoms with Crippen molar-refractivity contribution in [3.63, 3.8) is 0 Å². The molecule has 3 rings (SSSR count). The lowest BCUT2D eigenvalue weighted by atomic mass is 9.98. The van der Waals surface area contributed by atoms with Crippen molar-refractivity contribution < 1.29 is 30.0 Å². The summed E-state index contributed by atoms with van der Waals surface area (Å²) in [4.78, 5) is 25.4. The van der Waals surface area contributed by atoms with Crippen molar-refractivity contribution in [3.05, 3.63) is 35.9 Å². The van der Waals surface area contributed by atoms with Crippen LogP contribution in [0.2, 0.25) is 0 Å². The van der Waals surface area contributed by atoms with E-state index >= 15 is 0 Å². The van der Waals surface area contributed by atoms with Gasteiger partial charge in [-0.2, -0.15) is 23.5 Å². The second kappa shape index (κ2) is 22.2. The number of benzene rings is 1. The number of amides is 2. The molecule has 2 aliphatic heterocycles. The Labute approximate surface area is 266 Å². The Morgan fingerprint density at radius 3 is 1.95 bits per heavy atom. The molecule has 0 spiro atoms. The van der Waals surface area contributed by atoms with Gasteiger partial charge < -0.3 is 41.3 Å². The van der Waals surface area contributed by atoms with Gasteiger partial charge in [0, 0.05) is 64.1 Å². The van der Waals surface area contributed by atoms with Crippen molar-refractivity contribution in [3.8, 4) is 0 Å². The Balaban J connectivity index is 0.000000301. The zero-order valence-electron chi connectivity index (χ0n) is 25.8. The van der Waals surface area contributed by atoms with Crippen LogP contribution in [-0.2, 0) is 16.1 Å². The number of β-amino-alcohol motifs (C(OH)–C–C–N with tert-alkyl or cyclic N) is 2. The summed E-state index contributed by atoms with van der Waals surface area (Å²) in [5.74, 6) is 3.48. The standard InChI is InChI=1S/C16H24N2O3S.C15H30N2O3S/c19-13-8-15(20)14(17-10-13)6-7-22-11-16(21)18-9-12-4-2-1-3-5-12;1-3-17(4-2)15(20)6-5-8-21-9-7-13-14(19)10-12(18)11-16-13/h1-5,13-15,17,19-20H,6-11H2,(H,18,21);12-14,16,18-19H,3-11H2,1-2H3. The Bertz CT molecular complexity index is 898. The highest BCUT2D eigenvalue weighted by Gasteiger charge is 2.27. The van der Waals surface area contributed by atoms with Gasteiger partial charge in [0.25, 0.3) is 0 Å². The largest absolute Gasteiger partial charge is 0.392 e. The second-order valence-electron chi connectivity index (χ2n) is 11.1. The number of piperidine rings is 2. The van der Waals surface area contributed by atoms with E-state index in [9.17, 15) is 30.0 Å². The maximum Gasteiger partial charge on any atom is 0.230 e. The van der Waals surface area contributed by atoms with E-state index in [1.54, 1.807) is 11.8 Å². The summed E-state index contributed by atoms with van der Waals surface area (Å²) in [6, 6.07) is 9.94. The SMILES string of the molecule is CCN(CC)C(=O)CCCSCCC1NCC(O)CC1O.O=C(CSCCC1NCC(O)CC1O)NCc1ccccc1. The van der Waals surface area contributed by atoms with Gasteiger partial charge in [0.2, 0.25) is 11.8 Å². The Kier molecular flexibility index (Phi) is 19.5. The first-order chi connectivity index (χ1) is 20.7. The van der Waals surface area contributed by atoms with Gasteiger partial charge in [-0.25, -0.2) is 0 Å². The van der Waals surface area contributed by atoms with Crippen LogP contribution in [0.25, 0.3) is 0 Å². The number of carbonyl (C=O) groups excluding carboxylic acids is 2. The summed E-state index contributed by atoms with van der Waals surface area (Å²) in [6.07, 6.45) is 2.32. The Morgan fingerprint density at radius 1 is 0.860 bits per heavy atom. The second-order valence-corrected chi connectivity index (χ2v) is 13.4. The molecule has 10 nitrogen and oxygen atoms in total. The minimum absolute atomic E-state index is 0.0169. The number of aliphatic hydroxyl groups is 4. The van der Waals surface area contributed by atoms with E-state index in [1.165, 1.54) is 0 Å². The fourth-order valence-corrected chi connectivity index (χ4v) is 6.91. The molecule has 0 saturated carbocycles. The fourth-order valence-electron chi connectivity index (χ4n) is 5.08. The first kappa shape index (κ1) is 37.8. The molecule has 6 atom stereocenters. The third-order valence-corrected chi connectivity index (χ3v) is 9.79. The van der Waals surface area contributed by atoms with Crippen molar-refractivity contribution in [2.45, 2.75) is 95.4 Å². The lowest BCUT2D eigenvalue weighted by Gasteiger charge is -2.31. The molecule has 2 amide bonds. The topological polar surface area (TPSA) is 154 Å². The average molecular weight is 643 g/mol. The van der Waals surface area contributed by atoms with Gasteiger partial charge in [-0.05, 0) is 55.9 Å². The third kappa shape index (κ3) is 16.0. The van der Waals surface area contributed by atoms with Gasteiger partial charge in [-0.15, -0.1) is 0 Å². The van der Waals surface area contributed by atoms with E-state index in [0.29, 0.717) is 44.6 Å². The van der Waals surface area contributed by atoms with Crippen LogP contribution in [0.15, 0.2) is 30.3 Å². The van der Waals surface area contributed by atoms with Crippen LogP contribution in [0.4, 0.5) is 0 Å². The Hall–Kier alpha value is -1.38. The van der Waals surface area contributed by atoms with Crippen LogP contribution in [0.1, 0.15) is 57.9 Å². The van der Waals surface area contributed by atoms with E-state index in [0.717, 1.165) is 55.2 Å². The molecule has 43 heavy (non-hydrogen) atoms. The fraction of sp³-hybridized carbons (Fsp3) is 0.742. The first-order valence-corrected chi connectivity index (χ1v) is 18.0. The zero-order valence-corrected chi connectivity index (χ0v) is 27.5. The molecule has 1 aromatic rings. The third-order valence-electron chi connectivity index (χ3n) is 7.69. The molecular weight excluding hydrogens is 588 g/mol. The number of nitrogens with one attached hydrogen (secondary N) is 3. The maximum atomic E-state index is 11.8. The predicted molar refractivity (Wildman–Crippen MR) is 176 cm³/mol. The van der Waals surface area contributed by atoms with Gasteiger partial charge in [-0.1, -0.05) is 30.3 Å².